The van der Waals surface area contributed by atoms with Gasteiger partial charge in [0, 0.05) is 24.2 Å². The molecule has 7 N–H and O–H groups in total. The van der Waals surface area contributed by atoms with Crippen molar-refractivity contribution >= 4 is 41.4 Å². The Kier molecular flexibility index (Phi) is 12.5. The normalized spacial score (nSPS) is 12.9. The highest BCUT2D eigenvalue weighted by molar-refractivity contribution is 5.96. The predicted molar refractivity (Wildman–Crippen MR) is 124 cm³/mol. The van der Waals surface area contributed by atoms with E-state index in [1.165, 1.54) is 24.3 Å². The van der Waals surface area contributed by atoms with Gasteiger partial charge in [-0.1, -0.05) is 0 Å². The van der Waals surface area contributed by atoms with Gasteiger partial charge in [0.2, 0.25) is 0 Å². The second kappa shape index (κ2) is 15.0. The summed E-state index contributed by atoms with van der Waals surface area (Å²) in [5.74, 6) is -5.70. The van der Waals surface area contributed by atoms with Crippen LogP contribution in [0.2, 0.25) is 0 Å². The minimum Gasteiger partial charge on any atom is -0.481 e. The van der Waals surface area contributed by atoms with Crippen LogP contribution in [0.5, 0.6) is 0 Å². The molecule has 0 aliphatic rings. The molecule has 14 nitrogen and oxygen atoms in total. The molecule has 0 bridgehead atoms. The first kappa shape index (κ1) is 30.8. The molecule has 4 amide bonds. The smallest absolute Gasteiger partial charge is 0.342 e. The van der Waals surface area contributed by atoms with Crippen molar-refractivity contribution in [2.45, 2.75) is 57.3 Å². The molecular weight excluding hydrogens is 499 g/mol. The summed E-state index contributed by atoms with van der Waals surface area (Å²) >= 11 is 0. The van der Waals surface area contributed by atoms with Gasteiger partial charge in [-0.2, -0.15) is 5.06 Å². The largest absolute Gasteiger partial charge is 0.481 e. The highest BCUT2D eigenvalue weighted by Gasteiger charge is 2.31. The molecule has 0 saturated carbocycles. The van der Waals surface area contributed by atoms with Crippen molar-refractivity contribution in [1.82, 2.24) is 15.7 Å². The summed E-state index contributed by atoms with van der Waals surface area (Å²) in [6.07, 6.45) is -2.56. The molecular formula is C22H29FN4O10. The quantitative estimate of drug-likeness (QED) is 0.0973. The number of unbranched alkanes of at least 4 members (excludes halogenated alkanes) is 1. The van der Waals surface area contributed by atoms with Crippen molar-refractivity contribution in [2.75, 3.05) is 11.9 Å². The Bertz CT molecular complexity index is 986. The van der Waals surface area contributed by atoms with Crippen LogP contribution < -0.4 is 16.0 Å². The molecule has 0 heterocycles. The summed E-state index contributed by atoms with van der Waals surface area (Å²) in [4.78, 5) is 68.9. The second-order valence-corrected chi connectivity index (χ2v) is 7.91. The van der Waals surface area contributed by atoms with Gasteiger partial charge < -0.3 is 31.3 Å². The van der Waals surface area contributed by atoms with E-state index in [-0.39, 0.29) is 36.4 Å². The zero-order chi connectivity index (χ0) is 28.1. The number of benzene rings is 1. The fourth-order valence-corrected chi connectivity index (χ4v) is 2.95. The molecule has 1 aromatic carbocycles. The van der Waals surface area contributed by atoms with Crippen LogP contribution in [0.4, 0.5) is 14.9 Å². The van der Waals surface area contributed by atoms with Crippen LogP contribution in [-0.4, -0.2) is 86.1 Å². The van der Waals surface area contributed by atoms with Crippen LogP contribution in [0.15, 0.2) is 24.3 Å². The highest BCUT2D eigenvalue weighted by atomic mass is 19.1. The summed E-state index contributed by atoms with van der Waals surface area (Å²) in [7, 11) is 0. The first-order valence-electron chi connectivity index (χ1n) is 11.1. The fraction of sp³-hybridized carbons (Fsp3) is 0.455. The number of alkyl halides is 1. The maximum absolute atomic E-state index is 12.9. The molecule has 0 saturated heterocycles. The summed E-state index contributed by atoms with van der Waals surface area (Å²) in [6, 6.07) is 0.877. The number of carboxylic acid groups (broad SMARTS) is 3. The van der Waals surface area contributed by atoms with E-state index in [1.54, 1.807) is 0 Å². The summed E-state index contributed by atoms with van der Waals surface area (Å²) < 4.78 is 12.9. The molecule has 204 valence electrons. The number of aliphatic carboxylic acids is 3. The third kappa shape index (κ3) is 10.9. The average molecular weight is 528 g/mol. The van der Waals surface area contributed by atoms with E-state index < -0.39 is 66.9 Å². The van der Waals surface area contributed by atoms with Gasteiger partial charge >= 0.3 is 23.9 Å². The number of hydrogen-bond acceptors (Lipinski definition) is 7. The lowest BCUT2D eigenvalue weighted by Crippen LogP contribution is -2.52. The third-order valence-corrected chi connectivity index (χ3v) is 5.00. The first-order valence-corrected chi connectivity index (χ1v) is 11.1. The van der Waals surface area contributed by atoms with E-state index in [0.717, 1.165) is 6.92 Å². The van der Waals surface area contributed by atoms with E-state index in [9.17, 15) is 43.5 Å². The highest BCUT2D eigenvalue weighted by Crippen LogP contribution is 2.12. The number of amides is 4. The van der Waals surface area contributed by atoms with E-state index in [4.69, 9.17) is 10.2 Å². The van der Waals surface area contributed by atoms with Crippen molar-refractivity contribution < 1.29 is 53.7 Å². The lowest BCUT2D eigenvalue weighted by molar-refractivity contribution is -0.157. The molecule has 2 unspecified atom stereocenters. The molecule has 15 heteroatoms. The maximum atomic E-state index is 12.9. The Morgan fingerprint density at radius 3 is 2.08 bits per heavy atom. The fourth-order valence-electron chi connectivity index (χ4n) is 2.95. The van der Waals surface area contributed by atoms with Gasteiger partial charge in [0.1, 0.15) is 6.04 Å². The van der Waals surface area contributed by atoms with Crippen LogP contribution in [0.3, 0.4) is 0 Å². The summed E-state index contributed by atoms with van der Waals surface area (Å²) in [6.45, 7) is 1.21. The molecule has 0 fully saturated rings. The molecule has 3 atom stereocenters. The number of rotatable bonds is 15. The minimum atomic E-state index is -1.72. The van der Waals surface area contributed by atoms with Gasteiger partial charge in [-0.25, -0.2) is 18.8 Å². The Hall–Kier alpha value is -4.27. The zero-order valence-corrected chi connectivity index (χ0v) is 19.8. The minimum absolute atomic E-state index is 0.122. The molecule has 1 aromatic rings. The van der Waals surface area contributed by atoms with Crippen LogP contribution in [-0.2, 0) is 19.2 Å². The van der Waals surface area contributed by atoms with E-state index >= 15 is 0 Å². The van der Waals surface area contributed by atoms with Gasteiger partial charge in [0.15, 0.2) is 12.2 Å². The van der Waals surface area contributed by atoms with Crippen molar-refractivity contribution in [1.29, 1.82) is 0 Å². The number of carbonyl (C=O) groups is 6. The Balaban J connectivity index is 2.52. The van der Waals surface area contributed by atoms with Gasteiger partial charge in [-0.3, -0.25) is 19.6 Å². The number of hydroxylamine groups is 2. The second-order valence-electron chi connectivity index (χ2n) is 7.91. The summed E-state index contributed by atoms with van der Waals surface area (Å²) in [5, 5.41) is 43.6. The topological polar surface area (TPSA) is 223 Å². The van der Waals surface area contributed by atoms with Crippen LogP contribution in [0, 0.1) is 0 Å². The summed E-state index contributed by atoms with van der Waals surface area (Å²) in [5.41, 5.74) is 0.559. The van der Waals surface area contributed by atoms with E-state index in [0.29, 0.717) is 5.69 Å². The molecule has 0 aliphatic carbocycles. The average Bonchev–Trinajstić information content (AvgIpc) is 2.82. The van der Waals surface area contributed by atoms with Gasteiger partial charge in [-0.05, 0) is 56.9 Å². The zero-order valence-electron chi connectivity index (χ0n) is 19.8. The predicted octanol–water partition coefficient (Wildman–Crippen LogP) is 1.06. The third-order valence-electron chi connectivity index (χ3n) is 5.00. The Morgan fingerprint density at radius 2 is 1.57 bits per heavy atom. The number of anilines is 1. The van der Waals surface area contributed by atoms with E-state index in [1.807, 2.05) is 5.32 Å². The van der Waals surface area contributed by atoms with Crippen molar-refractivity contribution in [3.8, 4) is 0 Å². The molecule has 0 aromatic heterocycles. The molecule has 1 rings (SSSR count). The Labute approximate surface area is 210 Å². The van der Waals surface area contributed by atoms with Crippen LogP contribution >= 0.6 is 0 Å². The first-order chi connectivity index (χ1) is 17.3. The molecule has 0 spiro atoms. The van der Waals surface area contributed by atoms with Crippen molar-refractivity contribution in [3.05, 3.63) is 29.8 Å². The molecule has 37 heavy (non-hydrogen) atoms. The Morgan fingerprint density at radius 1 is 0.946 bits per heavy atom. The van der Waals surface area contributed by atoms with Crippen LogP contribution in [0.25, 0.3) is 0 Å². The maximum Gasteiger partial charge on any atom is 0.342 e. The van der Waals surface area contributed by atoms with Crippen molar-refractivity contribution in [2.24, 2.45) is 0 Å². The van der Waals surface area contributed by atoms with E-state index in [2.05, 4.69) is 10.6 Å². The lowest BCUT2D eigenvalue weighted by Gasteiger charge is -2.24. The van der Waals surface area contributed by atoms with Crippen molar-refractivity contribution in [3.63, 3.8) is 0 Å². The number of nitrogens with zero attached hydrogens (tertiary/aromatic N) is 1. The van der Waals surface area contributed by atoms with Gasteiger partial charge in [0.05, 0.1) is 0 Å². The van der Waals surface area contributed by atoms with Gasteiger partial charge in [0.25, 0.3) is 11.8 Å². The standard InChI is InChI=1S/C22H29FN4O10/c1-12(23)18(30)25-14-7-5-13(6-8-14)19(31)24-11-3-2-4-16(21(34)35)27(37)22(36)26-15(20(32)33)9-10-17(28)29/h5-8,12,15-16,37H,2-4,9-11H2,1H3,(H,24,31)(H,25,30)(H,26,36)(H,28,29)(H,32,33)(H,34,35)/t12?,15-,16?/m0/s1. The number of carbonyl (C=O) groups excluding carboxylic acids is 3. The number of halogens is 1. The lowest BCUT2D eigenvalue weighted by atomic mass is 10.1. The number of nitrogens with one attached hydrogen (secondary N) is 3. The van der Waals surface area contributed by atoms with Gasteiger partial charge in [-0.15, -0.1) is 0 Å². The monoisotopic (exact) mass is 528 g/mol. The number of hydrogen-bond donors (Lipinski definition) is 7. The molecule has 0 radical (unpaired) electrons. The number of carboxylic acids is 3. The van der Waals surface area contributed by atoms with Crippen LogP contribution in [0.1, 0.15) is 49.4 Å². The SMILES string of the molecule is CC(F)C(=O)Nc1ccc(C(=O)NCCCCC(C(=O)O)N(O)C(=O)N[C@@H](CCC(=O)O)C(=O)O)cc1. The molecule has 0 aliphatic heterocycles. The number of urea groups is 1.